The lowest BCUT2D eigenvalue weighted by Gasteiger charge is -2.18. The summed E-state index contributed by atoms with van der Waals surface area (Å²) in [7, 11) is 0. The number of hydrogen-bond acceptors (Lipinski definition) is 2. The fourth-order valence-electron chi connectivity index (χ4n) is 2.85. The van der Waals surface area contributed by atoms with Gasteiger partial charge >= 0.3 is 0 Å². The largest absolute Gasteiger partial charge is 0.338 e. The second-order valence-corrected chi connectivity index (χ2v) is 6.34. The summed E-state index contributed by atoms with van der Waals surface area (Å²) in [5.41, 5.74) is 0.604. The van der Waals surface area contributed by atoms with Crippen molar-refractivity contribution in [3.63, 3.8) is 0 Å². The molecule has 2 fully saturated rings. The van der Waals surface area contributed by atoms with E-state index in [2.05, 4.69) is 21.2 Å². The minimum atomic E-state index is 0.0573. The van der Waals surface area contributed by atoms with E-state index in [0.717, 1.165) is 30.7 Å². The molecule has 3 nitrogen and oxygen atoms in total. The van der Waals surface area contributed by atoms with Gasteiger partial charge in [-0.1, -0.05) is 27.5 Å². The maximum Gasteiger partial charge on any atom is 0.255 e. The van der Waals surface area contributed by atoms with E-state index in [-0.39, 0.29) is 5.91 Å². The molecule has 0 aromatic heterocycles. The first-order valence-electron chi connectivity index (χ1n) is 6.10. The normalized spacial score (nSPS) is 26.4. The number of rotatable bonds is 1. The monoisotopic (exact) mass is 328 g/mol. The van der Waals surface area contributed by atoms with Crippen LogP contribution in [0.4, 0.5) is 0 Å². The molecule has 0 bridgehead atoms. The first-order chi connectivity index (χ1) is 8.65. The van der Waals surface area contributed by atoms with Gasteiger partial charge in [0.05, 0.1) is 10.6 Å². The first kappa shape index (κ1) is 12.5. The Labute approximate surface area is 120 Å². The van der Waals surface area contributed by atoms with Crippen LogP contribution in [0.25, 0.3) is 0 Å². The molecule has 1 aromatic carbocycles. The van der Waals surface area contributed by atoms with Gasteiger partial charge < -0.3 is 10.2 Å². The van der Waals surface area contributed by atoms with E-state index < -0.39 is 0 Å². The second kappa shape index (κ2) is 4.83. The van der Waals surface area contributed by atoms with E-state index in [4.69, 9.17) is 11.6 Å². The van der Waals surface area contributed by atoms with Crippen LogP contribution in [0.2, 0.25) is 5.02 Å². The number of hydrogen-bond donors (Lipinski definition) is 1. The van der Waals surface area contributed by atoms with Gasteiger partial charge in [0.1, 0.15) is 0 Å². The average molecular weight is 330 g/mol. The molecule has 2 atom stereocenters. The van der Waals surface area contributed by atoms with Crippen molar-refractivity contribution in [1.29, 1.82) is 0 Å². The number of halogens is 2. The summed E-state index contributed by atoms with van der Waals surface area (Å²) >= 11 is 9.48. The fraction of sp³-hybridized carbons (Fsp3) is 0.462. The highest BCUT2D eigenvalue weighted by Gasteiger charge is 2.38. The average Bonchev–Trinajstić information content (AvgIpc) is 2.87. The van der Waals surface area contributed by atoms with Crippen LogP contribution in [0.5, 0.6) is 0 Å². The standard InChI is InChI=1S/C13H14BrClN2O/c14-10-1-2-11(12(15)3-10)13(18)17-6-8-4-16-5-9(8)7-17/h1-3,8-9,16H,4-7H2/t8-,9+. The van der Waals surface area contributed by atoms with Crippen molar-refractivity contribution >= 4 is 33.4 Å². The number of carbonyl (C=O) groups excluding carboxylic acids is 1. The van der Waals surface area contributed by atoms with Gasteiger partial charge in [-0.05, 0) is 30.0 Å². The highest BCUT2D eigenvalue weighted by molar-refractivity contribution is 9.10. The van der Waals surface area contributed by atoms with Crippen LogP contribution in [0.1, 0.15) is 10.4 Å². The molecule has 1 aromatic rings. The highest BCUT2D eigenvalue weighted by atomic mass is 79.9. The summed E-state index contributed by atoms with van der Waals surface area (Å²) in [5, 5.41) is 3.89. The predicted octanol–water partition coefficient (Wildman–Crippen LogP) is 2.39. The van der Waals surface area contributed by atoms with Crippen LogP contribution >= 0.6 is 27.5 Å². The van der Waals surface area contributed by atoms with Crippen molar-refractivity contribution in [1.82, 2.24) is 10.2 Å². The van der Waals surface area contributed by atoms with Gasteiger partial charge in [0.15, 0.2) is 0 Å². The number of carbonyl (C=O) groups is 1. The molecule has 0 aliphatic carbocycles. The summed E-state index contributed by atoms with van der Waals surface area (Å²) in [6, 6.07) is 5.42. The highest BCUT2D eigenvalue weighted by Crippen LogP contribution is 2.29. The van der Waals surface area contributed by atoms with Crippen molar-refractivity contribution in [2.45, 2.75) is 0 Å². The number of fused-ring (bicyclic) bond motifs is 1. The van der Waals surface area contributed by atoms with Crippen LogP contribution in [0.15, 0.2) is 22.7 Å². The Hall–Kier alpha value is -0.580. The van der Waals surface area contributed by atoms with Gasteiger partial charge in [0, 0.05) is 30.7 Å². The second-order valence-electron chi connectivity index (χ2n) is 5.01. The van der Waals surface area contributed by atoms with E-state index in [9.17, 15) is 4.79 Å². The molecule has 2 heterocycles. The lowest BCUT2D eigenvalue weighted by Crippen LogP contribution is -2.32. The first-order valence-corrected chi connectivity index (χ1v) is 7.27. The van der Waals surface area contributed by atoms with Crippen LogP contribution in [0, 0.1) is 11.8 Å². The van der Waals surface area contributed by atoms with Crippen molar-refractivity contribution in [2.24, 2.45) is 11.8 Å². The van der Waals surface area contributed by atoms with Crippen LogP contribution in [-0.4, -0.2) is 37.0 Å². The van der Waals surface area contributed by atoms with Crippen LogP contribution in [0.3, 0.4) is 0 Å². The maximum atomic E-state index is 12.4. The van der Waals surface area contributed by atoms with E-state index in [0.29, 0.717) is 22.4 Å². The molecule has 2 aliphatic rings. The summed E-state index contributed by atoms with van der Waals surface area (Å²) in [6.45, 7) is 3.76. The van der Waals surface area contributed by atoms with E-state index in [1.807, 2.05) is 11.0 Å². The Bertz CT molecular complexity index is 482. The molecular formula is C13H14BrClN2O. The predicted molar refractivity (Wildman–Crippen MR) is 74.9 cm³/mol. The van der Waals surface area contributed by atoms with Crippen LogP contribution < -0.4 is 5.32 Å². The van der Waals surface area contributed by atoms with Crippen molar-refractivity contribution in [2.75, 3.05) is 26.2 Å². The fourth-order valence-corrected chi connectivity index (χ4v) is 3.61. The zero-order valence-electron chi connectivity index (χ0n) is 9.83. The molecule has 0 unspecified atom stereocenters. The summed E-state index contributed by atoms with van der Waals surface area (Å²) in [5.74, 6) is 1.29. The van der Waals surface area contributed by atoms with Gasteiger partial charge in [-0.2, -0.15) is 0 Å². The third kappa shape index (κ3) is 2.17. The maximum absolute atomic E-state index is 12.4. The topological polar surface area (TPSA) is 32.3 Å². The third-order valence-electron chi connectivity index (χ3n) is 3.84. The van der Waals surface area contributed by atoms with Crippen molar-refractivity contribution in [3.05, 3.63) is 33.3 Å². The summed E-state index contributed by atoms with van der Waals surface area (Å²) in [4.78, 5) is 14.4. The molecule has 0 saturated carbocycles. The molecule has 1 amide bonds. The molecule has 18 heavy (non-hydrogen) atoms. The quantitative estimate of drug-likeness (QED) is 0.858. The van der Waals surface area contributed by atoms with E-state index in [1.54, 1.807) is 12.1 Å². The van der Waals surface area contributed by atoms with Gasteiger partial charge in [0.25, 0.3) is 5.91 Å². The zero-order valence-corrected chi connectivity index (χ0v) is 12.2. The molecule has 0 radical (unpaired) electrons. The molecule has 0 spiro atoms. The van der Waals surface area contributed by atoms with Crippen LogP contribution in [-0.2, 0) is 0 Å². The number of amides is 1. The summed E-state index contributed by atoms with van der Waals surface area (Å²) in [6.07, 6.45) is 0. The van der Waals surface area contributed by atoms with Crippen molar-refractivity contribution < 1.29 is 4.79 Å². The van der Waals surface area contributed by atoms with Gasteiger partial charge in [-0.25, -0.2) is 0 Å². The van der Waals surface area contributed by atoms with E-state index in [1.165, 1.54) is 0 Å². The summed E-state index contributed by atoms with van der Waals surface area (Å²) < 4.78 is 0.895. The van der Waals surface area contributed by atoms with Crippen molar-refractivity contribution in [3.8, 4) is 0 Å². The van der Waals surface area contributed by atoms with Gasteiger partial charge in [-0.15, -0.1) is 0 Å². The number of likely N-dealkylation sites (tertiary alicyclic amines) is 1. The zero-order chi connectivity index (χ0) is 12.7. The number of benzene rings is 1. The lowest BCUT2D eigenvalue weighted by atomic mass is 10.0. The molecule has 2 saturated heterocycles. The van der Waals surface area contributed by atoms with Gasteiger partial charge in [0.2, 0.25) is 0 Å². The molecule has 96 valence electrons. The Morgan fingerprint density at radius 1 is 1.33 bits per heavy atom. The Kier molecular flexibility index (Phi) is 3.34. The molecule has 1 N–H and O–H groups in total. The number of nitrogens with zero attached hydrogens (tertiary/aromatic N) is 1. The SMILES string of the molecule is O=C(c1ccc(Br)cc1Cl)N1C[C@H]2CNC[C@H]2C1. The molecule has 2 aliphatic heterocycles. The van der Waals surface area contributed by atoms with Gasteiger partial charge in [-0.3, -0.25) is 4.79 Å². The molecule has 5 heteroatoms. The Morgan fingerprint density at radius 3 is 2.61 bits per heavy atom. The smallest absolute Gasteiger partial charge is 0.255 e. The lowest BCUT2D eigenvalue weighted by molar-refractivity contribution is 0.0782. The Balaban J connectivity index is 1.79. The minimum absolute atomic E-state index is 0.0573. The van der Waals surface area contributed by atoms with E-state index >= 15 is 0 Å². The molecular weight excluding hydrogens is 316 g/mol. The Morgan fingerprint density at radius 2 is 2.00 bits per heavy atom. The third-order valence-corrected chi connectivity index (χ3v) is 4.64. The number of nitrogens with one attached hydrogen (secondary N) is 1. The minimum Gasteiger partial charge on any atom is -0.338 e. The molecule has 3 rings (SSSR count).